The molecular formula is C23H35NO6Si. The Hall–Kier alpha value is -1.45. The van der Waals surface area contributed by atoms with Gasteiger partial charge in [-0.25, -0.2) is 4.79 Å². The van der Waals surface area contributed by atoms with Crippen LogP contribution in [0.5, 0.6) is 0 Å². The average Bonchev–Trinajstić information content (AvgIpc) is 3.15. The first-order valence-corrected chi connectivity index (χ1v) is 13.9. The molecule has 1 spiro atoms. The van der Waals surface area contributed by atoms with Crippen molar-refractivity contribution in [3.63, 3.8) is 0 Å². The zero-order valence-corrected chi connectivity index (χ0v) is 20.6. The van der Waals surface area contributed by atoms with Crippen LogP contribution in [-0.2, 0) is 29.9 Å². The molecule has 1 amide bonds. The molecule has 0 aromatic heterocycles. The van der Waals surface area contributed by atoms with Gasteiger partial charge in [-0.2, -0.15) is 0 Å². The minimum atomic E-state index is -2.24. The lowest BCUT2D eigenvalue weighted by atomic mass is 9.95. The fourth-order valence-electron chi connectivity index (χ4n) is 4.16. The molecule has 3 fully saturated rings. The number of benzene rings is 1. The summed E-state index contributed by atoms with van der Waals surface area (Å²) in [5.41, 5.74) is 1.05. The molecule has 0 bridgehead atoms. The topological polar surface area (TPSA) is 66.5 Å². The highest BCUT2D eigenvalue weighted by atomic mass is 28.4. The van der Waals surface area contributed by atoms with Crippen LogP contribution in [0.15, 0.2) is 30.3 Å². The first-order chi connectivity index (χ1) is 14.3. The van der Waals surface area contributed by atoms with Crippen molar-refractivity contribution in [1.29, 1.82) is 0 Å². The van der Waals surface area contributed by atoms with Crippen LogP contribution < -0.4 is 0 Å². The van der Waals surface area contributed by atoms with Crippen molar-refractivity contribution in [2.24, 2.45) is 0 Å². The van der Waals surface area contributed by atoms with Crippen LogP contribution in [0.2, 0.25) is 18.1 Å². The Morgan fingerprint density at radius 1 is 1.16 bits per heavy atom. The normalized spacial score (nSPS) is 32.9. The molecule has 0 aliphatic carbocycles. The van der Waals surface area contributed by atoms with E-state index in [1.54, 1.807) is 4.90 Å². The van der Waals surface area contributed by atoms with Crippen molar-refractivity contribution in [1.82, 2.24) is 4.90 Å². The Labute approximate surface area is 186 Å². The highest BCUT2D eigenvalue weighted by Crippen LogP contribution is 2.47. The van der Waals surface area contributed by atoms with E-state index in [-0.39, 0.29) is 23.8 Å². The quantitative estimate of drug-likeness (QED) is 0.640. The fraction of sp³-hybridized carbons (Fsp3) is 0.696. The van der Waals surface area contributed by atoms with Crippen molar-refractivity contribution in [3.8, 4) is 0 Å². The minimum absolute atomic E-state index is 0.0253. The zero-order chi connectivity index (χ0) is 22.7. The lowest BCUT2D eigenvalue weighted by Gasteiger charge is -2.49. The van der Waals surface area contributed by atoms with Gasteiger partial charge in [0.25, 0.3) is 0 Å². The summed E-state index contributed by atoms with van der Waals surface area (Å²) in [6, 6.07) is 9.66. The van der Waals surface area contributed by atoms with E-state index in [1.165, 1.54) is 0 Å². The van der Waals surface area contributed by atoms with Crippen LogP contribution in [0.3, 0.4) is 0 Å². The van der Waals surface area contributed by atoms with Crippen molar-refractivity contribution < 1.29 is 28.2 Å². The molecule has 3 saturated heterocycles. The van der Waals surface area contributed by atoms with Gasteiger partial charge in [0.2, 0.25) is 5.79 Å². The summed E-state index contributed by atoms with van der Waals surface area (Å²) in [6.45, 7) is 15.7. The number of carbonyl (C=O) groups is 1. The second-order valence-electron chi connectivity index (χ2n) is 10.7. The van der Waals surface area contributed by atoms with Gasteiger partial charge in [-0.3, -0.25) is 4.90 Å². The van der Waals surface area contributed by atoms with Crippen molar-refractivity contribution in [3.05, 3.63) is 35.9 Å². The monoisotopic (exact) mass is 449 g/mol. The summed E-state index contributed by atoms with van der Waals surface area (Å²) >= 11 is 0. The summed E-state index contributed by atoms with van der Waals surface area (Å²) in [6.07, 6.45) is -1.41. The minimum Gasteiger partial charge on any atom is -0.441 e. The summed E-state index contributed by atoms with van der Waals surface area (Å²) in [5.74, 6) is -1.89. The summed E-state index contributed by atoms with van der Waals surface area (Å²) < 4.78 is 31.3. The molecular weight excluding hydrogens is 414 g/mol. The number of carbonyl (C=O) groups excluding carboxylic acids is 1. The second kappa shape index (κ2) is 7.56. The van der Waals surface area contributed by atoms with Gasteiger partial charge in [-0.05, 0) is 37.5 Å². The first kappa shape index (κ1) is 22.7. The highest BCUT2D eigenvalue weighted by molar-refractivity contribution is 6.74. The van der Waals surface area contributed by atoms with Crippen molar-refractivity contribution in [2.75, 3.05) is 13.2 Å². The van der Waals surface area contributed by atoms with E-state index in [4.69, 9.17) is 23.4 Å². The summed E-state index contributed by atoms with van der Waals surface area (Å²) in [7, 11) is -2.24. The number of rotatable bonds is 4. The van der Waals surface area contributed by atoms with E-state index in [2.05, 4.69) is 33.9 Å². The first-order valence-electron chi connectivity index (χ1n) is 11.0. The largest absolute Gasteiger partial charge is 0.441 e. The SMILES string of the molecule is CC1(C)OC[C@]2(OC[C@@H]3C(OC(=O)N3Cc3ccccc3)[C@@H]2O[Si](C)(C)C(C)(C)C)O1. The van der Waals surface area contributed by atoms with E-state index in [0.29, 0.717) is 13.2 Å². The van der Waals surface area contributed by atoms with Crippen LogP contribution in [0.25, 0.3) is 0 Å². The van der Waals surface area contributed by atoms with Gasteiger partial charge in [0.05, 0.1) is 12.6 Å². The van der Waals surface area contributed by atoms with Gasteiger partial charge in [0.15, 0.2) is 20.2 Å². The maximum Gasteiger partial charge on any atom is 0.410 e. The molecule has 8 heteroatoms. The van der Waals surface area contributed by atoms with E-state index in [0.717, 1.165) is 5.56 Å². The lowest BCUT2D eigenvalue weighted by Crippen LogP contribution is -2.66. The standard InChI is InChI=1S/C23H35NO6Si/c1-21(2,3)31(6,7)29-19-18-17(14-26-23(19)15-27-22(4,5)30-23)24(20(25)28-18)13-16-11-9-8-10-12-16/h8-12,17-19H,13-15H2,1-7H3/t17-,18?,19+,23+/m1/s1. The summed E-state index contributed by atoms with van der Waals surface area (Å²) in [5, 5.41) is -0.0253. The number of hydrogen-bond acceptors (Lipinski definition) is 6. The molecule has 4 atom stereocenters. The number of amides is 1. The van der Waals surface area contributed by atoms with Crippen LogP contribution >= 0.6 is 0 Å². The van der Waals surface area contributed by atoms with Gasteiger partial charge >= 0.3 is 6.09 Å². The average molecular weight is 450 g/mol. The van der Waals surface area contributed by atoms with Crippen molar-refractivity contribution >= 4 is 14.4 Å². The fourth-order valence-corrected chi connectivity index (χ4v) is 5.46. The van der Waals surface area contributed by atoms with Gasteiger partial charge in [-0.15, -0.1) is 0 Å². The Morgan fingerprint density at radius 2 is 1.84 bits per heavy atom. The molecule has 3 aliphatic heterocycles. The molecule has 1 unspecified atom stereocenters. The molecule has 0 saturated carbocycles. The van der Waals surface area contributed by atoms with E-state index in [9.17, 15) is 4.79 Å². The van der Waals surface area contributed by atoms with Gasteiger partial charge < -0.3 is 23.4 Å². The molecule has 3 aliphatic rings. The molecule has 31 heavy (non-hydrogen) atoms. The van der Waals surface area contributed by atoms with E-state index in [1.807, 2.05) is 44.2 Å². The maximum atomic E-state index is 12.9. The molecule has 1 aromatic rings. The van der Waals surface area contributed by atoms with Crippen LogP contribution in [0.1, 0.15) is 40.2 Å². The Bertz CT molecular complexity index is 823. The predicted octanol–water partition coefficient (Wildman–Crippen LogP) is 4.28. The zero-order valence-electron chi connectivity index (χ0n) is 19.6. The third-order valence-electron chi connectivity index (χ3n) is 6.94. The van der Waals surface area contributed by atoms with Crippen molar-refractivity contribution in [2.45, 2.75) is 89.1 Å². The molecule has 4 rings (SSSR count). The van der Waals surface area contributed by atoms with Gasteiger partial charge in [0.1, 0.15) is 12.7 Å². The molecule has 3 heterocycles. The van der Waals surface area contributed by atoms with Crippen LogP contribution in [0.4, 0.5) is 4.79 Å². The number of ether oxygens (including phenoxy) is 4. The molecule has 172 valence electrons. The Kier molecular flexibility index (Phi) is 5.54. The molecule has 0 radical (unpaired) electrons. The van der Waals surface area contributed by atoms with Gasteiger partial charge in [0, 0.05) is 6.54 Å². The third kappa shape index (κ3) is 4.16. The summed E-state index contributed by atoms with van der Waals surface area (Å²) in [4.78, 5) is 14.7. The predicted molar refractivity (Wildman–Crippen MR) is 118 cm³/mol. The second-order valence-corrected chi connectivity index (χ2v) is 15.5. The molecule has 1 aromatic carbocycles. The third-order valence-corrected chi connectivity index (χ3v) is 11.4. The Morgan fingerprint density at radius 3 is 2.42 bits per heavy atom. The van der Waals surface area contributed by atoms with E-state index >= 15 is 0 Å². The Balaban J connectivity index is 1.65. The van der Waals surface area contributed by atoms with Gasteiger partial charge in [-0.1, -0.05) is 51.1 Å². The smallest absolute Gasteiger partial charge is 0.410 e. The highest BCUT2D eigenvalue weighted by Gasteiger charge is 2.65. The molecule has 7 nitrogen and oxygen atoms in total. The van der Waals surface area contributed by atoms with Crippen LogP contribution in [0, 0.1) is 0 Å². The van der Waals surface area contributed by atoms with Crippen LogP contribution in [-0.4, -0.2) is 62.3 Å². The number of nitrogens with zero attached hydrogens (tertiary/aromatic N) is 1. The maximum absolute atomic E-state index is 12.9. The van der Waals surface area contributed by atoms with E-state index < -0.39 is 32.1 Å². The number of fused-ring (bicyclic) bond motifs is 1. The number of hydrogen-bond donors (Lipinski definition) is 0. The lowest BCUT2D eigenvalue weighted by molar-refractivity contribution is -0.319. The molecule has 0 N–H and O–H groups in total.